The van der Waals surface area contributed by atoms with E-state index in [4.69, 9.17) is 5.11 Å². The van der Waals surface area contributed by atoms with Crippen LogP contribution in [0.4, 0.5) is 0 Å². The summed E-state index contributed by atoms with van der Waals surface area (Å²) >= 11 is 0. The van der Waals surface area contributed by atoms with Crippen molar-refractivity contribution in [3.8, 4) is 0 Å². The Morgan fingerprint density at radius 1 is 1.50 bits per heavy atom. The maximum atomic E-state index is 11.8. The lowest BCUT2D eigenvalue weighted by Gasteiger charge is -2.28. The molecule has 1 aromatic heterocycles. The number of hydrogen-bond donors (Lipinski definition) is 2. The van der Waals surface area contributed by atoms with E-state index in [1.807, 2.05) is 13.8 Å². The Hall–Kier alpha value is -1.85. The maximum absolute atomic E-state index is 11.8. The fourth-order valence-corrected chi connectivity index (χ4v) is 2.69. The summed E-state index contributed by atoms with van der Waals surface area (Å²) in [7, 11) is 0. The van der Waals surface area contributed by atoms with Gasteiger partial charge in [0.15, 0.2) is 0 Å². The van der Waals surface area contributed by atoms with E-state index in [0.717, 1.165) is 19.3 Å². The number of carboxylic acids is 1. The lowest BCUT2D eigenvalue weighted by molar-refractivity contribution is 0.0692. The minimum atomic E-state index is -1.32. The number of hydrogen-bond acceptors (Lipinski definition) is 3. The fourth-order valence-electron chi connectivity index (χ4n) is 2.69. The molecule has 0 aromatic carbocycles. The third kappa shape index (κ3) is 1.98. The monoisotopic (exact) mass is 252 g/mol. The van der Waals surface area contributed by atoms with Gasteiger partial charge in [-0.25, -0.2) is 9.59 Å². The molecule has 1 heterocycles. The van der Waals surface area contributed by atoms with Gasteiger partial charge in [-0.15, -0.1) is 0 Å². The molecule has 1 aromatic rings. The summed E-state index contributed by atoms with van der Waals surface area (Å²) in [5.74, 6) is -1.32. The molecule has 6 nitrogen and oxygen atoms in total. The van der Waals surface area contributed by atoms with Crippen molar-refractivity contribution in [1.82, 2.24) is 9.55 Å². The number of aromatic nitrogens is 2. The van der Waals surface area contributed by atoms with Crippen molar-refractivity contribution in [2.45, 2.75) is 39.2 Å². The van der Waals surface area contributed by atoms with Crippen LogP contribution in [-0.2, 0) is 0 Å². The van der Waals surface area contributed by atoms with Crippen LogP contribution in [0.15, 0.2) is 15.8 Å². The first kappa shape index (κ1) is 12.6. The van der Waals surface area contributed by atoms with Crippen molar-refractivity contribution >= 4 is 5.97 Å². The van der Waals surface area contributed by atoms with Gasteiger partial charge in [0.1, 0.15) is 5.56 Å². The van der Waals surface area contributed by atoms with Crippen molar-refractivity contribution in [3.05, 3.63) is 32.6 Å². The van der Waals surface area contributed by atoms with E-state index in [9.17, 15) is 14.4 Å². The molecule has 1 fully saturated rings. The third-order valence-corrected chi connectivity index (χ3v) is 3.73. The zero-order valence-electron chi connectivity index (χ0n) is 10.4. The third-order valence-electron chi connectivity index (χ3n) is 3.73. The van der Waals surface area contributed by atoms with Gasteiger partial charge in [-0.3, -0.25) is 14.3 Å². The van der Waals surface area contributed by atoms with Crippen LogP contribution in [0, 0.1) is 5.41 Å². The Bertz CT molecular complexity index is 597. The molecule has 2 rings (SSSR count). The summed E-state index contributed by atoms with van der Waals surface area (Å²) in [5.41, 5.74) is -1.85. The minimum Gasteiger partial charge on any atom is -0.477 e. The quantitative estimate of drug-likeness (QED) is 0.820. The molecule has 0 bridgehead atoms. The number of rotatable bonds is 2. The lowest BCUT2D eigenvalue weighted by Crippen LogP contribution is -2.38. The Morgan fingerprint density at radius 2 is 2.17 bits per heavy atom. The molecule has 0 spiro atoms. The van der Waals surface area contributed by atoms with Gasteiger partial charge < -0.3 is 5.11 Å². The number of nitrogens with one attached hydrogen (secondary N) is 1. The molecule has 0 aliphatic heterocycles. The van der Waals surface area contributed by atoms with Crippen LogP contribution in [0.2, 0.25) is 0 Å². The van der Waals surface area contributed by atoms with Gasteiger partial charge in [-0.1, -0.05) is 20.3 Å². The zero-order valence-corrected chi connectivity index (χ0v) is 10.4. The predicted molar refractivity (Wildman–Crippen MR) is 65.0 cm³/mol. The lowest BCUT2D eigenvalue weighted by atomic mass is 9.87. The first-order chi connectivity index (χ1) is 8.33. The number of carboxylic acid groups (broad SMARTS) is 1. The standard InChI is InChI=1S/C12H16N2O4/c1-12(2)5-3-4-8(12)14-6-7(10(16)17)9(15)13-11(14)18/h6,8H,3-5H2,1-2H3,(H,16,17)(H,13,15,18). The second-order valence-corrected chi connectivity index (χ2v) is 5.41. The van der Waals surface area contributed by atoms with Gasteiger partial charge in [0.25, 0.3) is 5.56 Å². The molecular formula is C12H16N2O4. The summed E-state index contributed by atoms with van der Waals surface area (Å²) < 4.78 is 1.36. The molecule has 98 valence electrons. The van der Waals surface area contributed by atoms with Crippen LogP contribution in [-0.4, -0.2) is 20.6 Å². The molecule has 1 unspecified atom stereocenters. The molecule has 18 heavy (non-hydrogen) atoms. The first-order valence-corrected chi connectivity index (χ1v) is 5.92. The molecule has 6 heteroatoms. The Morgan fingerprint density at radius 3 is 2.67 bits per heavy atom. The molecule has 1 saturated carbocycles. The Balaban J connectivity index is 2.58. The summed E-state index contributed by atoms with van der Waals surface area (Å²) in [6.45, 7) is 4.09. The smallest absolute Gasteiger partial charge is 0.342 e. The summed E-state index contributed by atoms with van der Waals surface area (Å²) in [6, 6.07) is -0.0695. The maximum Gasteiger partial charge on any atom is 0.342 e. The van der Waals surface area contributed by atoms with Crippen molar-refractivity contribution in [1.29, 1.82) is 0 Å². The highest BCUT2D eigenvalue weighted by Gasteiger charge is 2.36. The molecule has 0 amide bonds. The number of aromatic carboxylic acids is 1. The van der Waals surface area contributed by atoms with E-state index in [2.05, 4.69) is 4.98 Å². The van der Waals surface area contributed by atoms with Gasteiger partial charge >= 0.3 is 11.7 Å². The van der Waals surface area contributed by atoms with Gasteiger partial charge in [0.2, 0.25) is 0 Å². The molecule has 2 N–H and O–H groups in total. The van der Waals surface area contributed by atoms with E-state index in [1.165, 1.54) is 10.8 Å². The molecule has 1 aliphatic carbocycles. The topological polar surface area (TPSA) is 92.2 Å². The van der Waals surface area contributed by atoms with Crippen LogP contribution >= 0.6 is 0 Å². The summed E-state index contributed by atoms with van der Waals surface area (Å²) in [4.78, 5) is 36.2. The molecule has 0 saturated heterocycles. The second-order valence-electron chi connectivity index (χ2n) is 5.41. The normalized spacial score (nSPS) is 22.0. The molecule has 1 aliphatic rings. The van der Waals surface area contributed by atoms with Crippen LogP contribution in [0.1, 0.15) is 49.5 Å². The van der Waals surface area contributed by atoms with Crippen LogP contribution in [0.25, 0.3) is 0 Å². The highest BCUT2D eigenvalue weighted by atomic mass is 16.4. The first-order valence-electron chi connectivity index (χ1n) is 5.92. The minimum absolute atomic E-state index is 0.0695. The van der Waals surface area contributed by atoms with Crippen molar-refractivity contribution < 1.29 is 9.90 Å². The van der Waals surface area contributed by atoms with E-state index in [0.29, 0.717) is 0 Å². The summed E-state index contributed by atoms with van der Waals surface area (Å²) in [6.07, 6.45) is 3.95. The zero-order chi connectivity index (χ0) is 13.5. The van der Waals surface area contributed by atoms with Crippen molar-refractivity contribution in [2.75, 3.05) is 0 Å². The Labute approximate surface area is 103 Å². The molecule has 1 atom stereocenters. The highest BCUT2D eigenvalue weighted by molar-refractivity contribution is 5.86. The van der Waals surface area contributed by atoms with Gasteiger partial charge in [0.05, 0.1) is 0 Å². The van der Waals surface area contributed by atoms with Gasteiger partial charge in [-0.2, -0.15) is 0 Å². The average molecular weight is 252 g/mol. The van der Waals surface area contributed by atoms with E-state index < -0.39 is 22.8 Å². The predicted octanol–water partition coefficient (Wildman–Crippen LogP) is 0.986. The van der Waals surface area contributed by atoms with Gasteiger partial charge in [0, 0.05) is 12.2 Å². The van der Waals surface area contributed by atoms with E-state index >= 15 is 0 Å². The average Bonchev–Trinajstić information content (AvgIpc) is 2.58. The SMILES string of the molecule is CC1(C)CCCC1n1cc(C(=O)O)c(=O)[nH]c1=O. The van der Waals surface area contributed by atoms with Crippen molar-refractivity contribution in [3.63, 3.8) is 0 Å². The summed E-state index contributed by atoms with van der Waals surface area (Å²) in [5, 5.41) is 8.92. The number of aromatic amines is 1. The second kappa shape index (κ2) is 4.12. The highest BCUT2D eigenvalue weighted by Crippen LogP contribution is 2.44. The molecule has 0 radical (unpaired) electrons. The van der Waals surface area contributed by atoms with Crippen molar-refractivity contribution in [2.24, 2.45) is 5.41 Å². The molecular weight excluding hydrogens is 236 g/mol. The number of carbonyl (C=O) groups is 1. The fraction of sp³-hybridized carbons (Fsp3) is 0.583. The number of H-pyrrole nitrogens is 1. The van der Waals surface area contributed by atoms with Crippen LogP contribution in [0.3, 0.4) is 0 Å². The van der Waals surface area contributed by atoms with Crippen LogP contribution < -0.4 is 11.2 Å². The van der Waals surface area contributed by atoms with Crippen LogP contribution in [0.5, 0.6) is 0 Å². The largest absolute Gasteiger partial charge is 0.477 e. The van der Waals surface area contributed by atoms with E-state index in [-0.39, 0.29) is 11.5 Å². The van der Waals surface area contributed by atoms with Gasteiger partial charge in [-0.05, 0) is 18.3 Å². The number of nitrogens with zero attached hydrogens (tertiary/aromatic N) is 1. The van der Waals surface area contributed by atoms with E-state index in [1.54, 1.807) is 0 Å². The Kier molecular flexibility index (Phi) is 2.88.